The van der Waals surface area contributed by atoms with Gasteiger partial charge in [0.05, 0.1) is 17.4 Å². The molecule has 7 heteroatoms. The molecule has 2 aromatic carbocycles. The lowest BCUT2D eigenvalue weighted by atomic mass is 10.2. The van der Waals surface area contributed by atoms with Crippen LogP contribution >= 0.6 is 23.4 Å². The smallest absolute Gasteiger partial charge is 0.234 e. The maximum Gasteiger partial charge on any atom is 0.234 e. The molecule has 0 aliphatic carbocycles. The van der Waals surface area contributed by atoms with Crippen molar-refractivity contribution < 1.29 is 19.0 Å². The summed E-state index contributed by atoms with van der Waals surface area (Å²) in [7, 11) is 0. The van der Waals surface area contributed by atoms with E-state index >= 15 is 0 Å². The first-order chi connectivity index (χ1) is 12.7. The van der Waals surface area contributed by atoms with E-state index in [0.717, 1.165) is 17.0 Å². The first-order valence-electron chi connectivity index (χ1n) is 8.34. The van der Waals surface area contributed by atoms with Crippen molar-refractivity contribution in [2.45, 2.75) is 12.7 Å². The second-order valence-corrected chi connectivity index (χ2v) is 6.99. The van der Waals surface area contributed by atoms with Crippen molar-refractivity contribution in [2.75, 3.05) is 30.9 Å². The van der Waals surface area contributed by atoms with Gasteiger partial charge in [0, 0.05) is 11.4 Å². The SMILES string of the molecule is CCOc1ccc(NC(=O)CSCc2cc(Cl)c3c(c2)OCCO3)cc1. The van der Waals surface area contributed by atoms with Gasteiger partial charge < -0.3 is 19.5 Å². The van der Waals surface area contributed by atoms with E-state index in [1.54, 1.807) is 0 Å². The van der Waals surface area contributed by atoms with Gasteiger partial charge >= 0.3 is 0 Å². The van der Waals surface area contributed by atoms with Gasteiger partial charge in [0.25, 0.3) is 0 Å². The number of amides is 1. The zero-order valence-electron chi connectivity index (χ0n) is 14.4. The fourth-order valence-corrected chi connectivity index (χ4v) is 3.56. The summed E-state index contributed by atoms with van der Waals surface area (Å²) in [6.07, 6.45) is 0. The first-order valence-corrected chi connectivity index (χ1v) is 9.87. The molecule has 1 amide bonds. The van der Waals surface area contributed by atoms with Crippen molar-refractivity contribution in [2.24, 2.45) is 0 Å². The van der Waals surface area contributed by atoms with Crippen LogP contribution in [0.4, 0.5) is 5.69 Å². The summed E-state index contributed by atoms with van der Waals surface area (Å²) < 4.78 is 16.5. The standard InChI is InChI=1S/C19H20ClNO4S/c1-2-23-15-5-3-14(4-6-15)21-18(22)12-26-11-13-9-16(20)19-17(10-13)24-7-8-25-19/h3-6,9-10H,2,7-8,11-12H2,1H3,(H,21,22). The van der Waals surface area contributed by atoms with Crippen molar-refractivity contribution >= 4 is 35.0 Å². The summed E-state index contributed by atoms with van der Waals surface area (Å²) >= 11 is 7.74. The molecule has 0 bridgehead atoms. The molecule has 26 heavy (non-hydrogen) atoms. The van der Waals surface area contributed by atoms with E-state index < -0.39 is 0 Å². The van der Waals surface area contributed by atoms with Gasteiger partial charge in [-0.25, -0.2) is 0 Å². The molecule has 0 saturated carbocycles. The number of nitrogens with one attached hydrogen (secondary N) is 1. The second kappa shape index (κ2) is 9.05. The summed E-state index contributed by atoms with van der Waals surface area (Å²) in [5.41, 5.74) is 1.75. The molecule has 1 heterocycles. The number of thioether (sulfide) groups is 1. The zero-order valence-corrected chi connectivity index (χ0v) is 16.0. The number of carbonyl (C=O) groups excluding carboxylic acids is 1. The molecule has 0 spiro atoms. The predicted molar refractivity (Wildman–Crippen MR) is 105 cm³/mol. The molecule has 2 aromatic rings. The fraction of sp³-hybridized carbons (Fsp3) is 0.316. The highest BCUT2D eigenvalue weighted by molar-refractivity contribution is 7.99. The van der Waals surface area contributed by atoms with E-state index in [4.69, 9.17) is 25.8 Å². The Hall–Kier alpha value is -2.05. The third-order valence-electron chi connectivity index (χ3n) is 3.61. The molecular formula is C19H20ClNO4S. The lowest BCUT2D eigenvalue weighted by molar-refractivity contribution is -0.113. The summed E-state index contributed by atoms with van der Waals surface area (Å²) in [4.78, 5) is 12.1. The Labute approximate surface area is 162 Å². The minimum absolute atomic E-state index is 0.0530. The monoisotopic (exact) mass is 393 g/mol. The van der Waals surface area contributed by atoms with Gasteiger partial charge in [0.1, 0.15) is 19.0 Å². The maximum atomic E-state index is 12.1. The summed E-state index contributed by atoms with van der Waals surface area (Å²) in [5.74, 6) is 3.00. The largest absolute Gasteiger partial charge is 0.494 e. The molecule has 0 radical (unpaired) electrons. The number of anilines is 1. The van der Waals surface area contributed by atoms with Crippen LogP contribution in [-0.2, 0) is 10.5 Å². The van der Waals surface area contributed by atoms with E-state index in [0.29, 0.717) is 47.8 Å². The maximum absolute atomic E-state index is 12.1. The molecule has 0 unspecified atom stereocenters. The van der Waals surface area contributed by atoms with Crippen molar-refractivity contribution in [1.29, 1.82) is 0 Å². The number of halogens is 1. The van der Waals surface area contributed by atoms with Crippen LogP contribution in [-0.4, -0.2) is 31.5 Å². The normalized spacial score (nSPS) is 12.5. The topological polar surface area (TPSA) is 56.8 Å². The minimum Gasteiger partial charge on any atom is -0.494 e. The van der Waals surface area contributed by atoms with Gasteiger partial charge in [-0.05, 0) is 48.9 Å². The lowest BCUT2D eigenvalue weighted by Crippen LogP contribution is -2.16. The molecule has 0 aromatic heterocycles. The number of benzene rings is 2. The van der Waals surface area contributed by atoms with Gasteiger partial charge in [-0.1, -0.05) is 11.6 Å². The molecule has 3 rings (SSSR count). The van der Waals surface area contributed by atoms with E-state index in [1.165, 1.54) is 11.8 Å². The quantitative estimate of drug-likeness (QED) is 0.756. The molecule has 1 N–H and O–H groups in total. The molecule has 0 saturated heterocycles. The number of ether oxygens (including phenoxy) is 3. The fourth-order valence-electron chi connectivity index (χ4n) is 2.51. The van der Waals surface area contributed by atoms with Crippen LogP contribution in [0.25, 0.3) is 0 Å². The number of hydrogen-bond acceptors (Lipinski definition) is 5. The van der Waals surface area contributed by atoms with Crippen molar-refractivity contribution in [3.63, 3.8) is 0 Å². The van der Waals surface area contributed by atoms with E-state index in [-0.39, 0.29) is 5.91 Å². The predicted octanol–water partition coefficient (Wildman–Crippen LogP) is 4.38. The Morgan fingerprint density at radius 1 is 1.23 bits per heavy atom. The highest BCUT2D eigenvalue weighted by Gasteiger charge is 2.16. The molecule has 5 nitrogen and oxygen atoms in total. The molecule has 0 fully saturated rings. The van der Waals surface area contributed by atoms with Crippen molar-refractivity contribution in [3.8, 4) is 17.2 Å². The molecule has 138 valence electrons. The van der Waals surface area contributed by atoms with Gasteiger partial charge in [0.2, 0.25) is 5.91 Å². The van der Waals surface area contributed by atoms with Crippen molar-refractivity contribution in [1.82, 2.24) is 0 Å². The Kier molecular flexibility index (Phi) is 6.52. The van der Waals surface area contributed by atoms with Crippen LogP contribution in [0, 0.1) is 0 Å². The van der Waals surface area contributed by atoms with Crippen LogP contribution < -0.4 is 19.5 Å². The molecular weight excluding hydrogens is 374 g/mol. The Bertz CT molecular complexity index is 767. The van der Waals surface area contributed by atoms with E-state index in [1.807, 2.05) is 43.3 Å². The van der Waals surface area contributed by atoms with Crippen LogP contribution in [0.5, 0.6) is 17.2 Å². The minimum atomic E-state index is -0.0530. The van der Waals surface area contributed by atoms with Crippen molar-refractivity contribution in [3.05, 3.63) is 47.0 Å². The average molecular weight is 394 g/mol. The summed E-state index contributed by atoms with van der Waals surface area (Å²) in [6, 6.07) is 11.1. The lowest BCUT2D eigenvalue weighted by Gasteiger charge is -2.20. The van der Waals surface area contributed by atoms with Gasteiger partial charge in [0.15, 0.2) is 11.5 Å². The third-order valence-corrected chi connectivity index (χ3v) is 4.89. The first kappa shape index (κ1) is 18.7. The van der Waals surface area contributed by atoms with Gasteiger partial charge in [-0.2, -0.15) is 0 Å². The summed E-state index contributed by atoms with van der Waals surface area (Å²) in [5, 5.41) is 3.41. The van der Waals surface area contributed by atoms with Crippen LogP contribution in [0.2, 0.25) is 5.02 Å². The molecule has 1 aliphatic heterocycles. The average Bonchev–Trinajstić information content (AvgIpc) is 2.64. The van der Waals surface area contributed by atoms with Crippen LogP contribution in [0.15, 0.2) is 36.4 Å². The highest BCUT2D eigenvalue weighted by Crippen LogP contribution is 2.39. The zero-order chi connectivity index (χ0) is 18.4. The van der Waals surface area contributed by atoms with Crippen LogP contribution in [0.1, 0.15) is 12.5 Å². The second-order valence-electron chi connectivity index (χ2n) is 5.60. The van der Waals surface area contributed by atoms with E-state index in [9.17, 15) is 4.79 Å². The molecule has 0 atom stereocenters. The van der Waals surface area contributed by atoms with E-state index in [2.05, 4.69) is 5.32 Å². The Morgan fingerprint density at radius 2 is 2.00 bits per heavy atom. The summed E-state index contributed by atoms with van der Waals surface area (Å²) in [6.45, 7) is 3.57. The number of hydrogen-bond donors (Lipinski definition) is 1. The Balaban J connectivity index is 1.48. The highest BCUT2D eigenvalue weighted by atomic mass is 35.5. The van der Waals surface area contributed by atoms with Crippen LogP contribution in [0.3, 0.4) is 0 Å². The number of fused-ring (bicyclic) bond motifs is 1. The number of rotatable bonds is 7. The van der Waals surface area contributed by atoms with Gasteiger partial charge in [-0.15, -0.1) is 11.8 Å². The van der Waals surface area contributed by atoms with Gasteiger partial charge in [-0.3, -0.25) is 4.79 Å². The Morgan fingerprint density at radius 3 is 2.77 bits per heavy atom. The molecule has 1 aliphatic rings. The third kappa shape index (κ3) is 4.99. The number of carbonyl (C=O) groups is 1.